The van der Waals surface area contributed by atoms with Gasteiger partial charge in [0.2, 0.25) is 0 Å². The highest BCUT2D eigenvalue weighted by molar-refractivity contribution is 8.34. The Morgan fingerprint density at radius 2 is 1.67 bits per heavy atom. The van der Waals surface area contributed by atoms with Crippen molar-refractivity contribution in [2.75, 3.05) is 5.75 Å². The minimum absolute atomic E-state index is 0.0673. The SMILES string of the molecule is CCC(=O)CS(OS(=O)(=O)C(F)(F)F)(C1CCCCC1)C1CCCCC1=O. The zero-order chi connectivity index (χ0) is 20.3. The summed E-state index contributed by atoms with van der Waals surface area (Å²) in [6.45, 7) is 1.58. The van der Waals surface area contributed by atoms with Gasteiger partial charge in [0, 0.05) is 18.1 Å². The Kier molecular flexibility index (Phi) is 7.40. The Morgan fingerprint density at radius 1 is 1.07 bits per heavy atom. The first-order valence-electron chi connectivity index (χ1n) is 9.39. The molecule has 0 amide bonds. The van der Waals surface area contributed by atoms with Gasteiger partial charge in [-0.05, 0) is 25.7 Å². The Hall–Kier alpha value is -0.610. The fraction of sp³-hybridized carbons (Fsp3) is 0.882. The van der Waals surface area contributed by atoms with Crippen LogP contribution >= 0.6 is 10.3 Å². The predicted molar refractivity (Wildman–Crippen MR) is 98.0 cm³/mol. The first-order valence-corrected chi connectivity index (χ1v) is 12.6. The normalized spacial score (nSPS) is 26.4. The fourth-order valence-corrected chi connectivity index (χ4v) is 10.5. The largest absolute Gasteiger partial charge is 0.523 e. The molecule has 158 valence electrons. The number of rotatable bonds is 7. The Labute approximate surface area is 160 Å². The van der Waals surface area contributed by atoms with Crippen LogP contribution in [0.5, 0.6) is 0 Å². The van der Waals surface area contributed by atoms with Crippen molar-refractivity contribution >= 4 is 32.0 Å². The van der Waals surface area contributed by atoms with Gasteiger partial charge < -0.3 is 0 Å². The molecule has 2 fully saturated rings. The van der Waals surface area contributed by atoms with Crippen molar-refractivity contribution in [2.45, 2.75) is 87.1 Å². The highest BCUT2D eigenvalue weighted by Crippen LogP contribution is 2.65. The average Bonchev–Trinajstić information content (AvgIpc) is 2.61. The molecule has 0 spiro atoms. The number of hydrogen-bond donors (Lipinski definition) is 0. The Bertz CT molecular complexity index is 656. The zero-order valence-corrected chi connectivity index (χ0v) is 17.1. The minimum atomic E-state index is -5.90. The van der Waals surface area contributed by atoms with Crippen molar-refractivity contribution in [3.8, 4) is 0 Å². The van der Waals surface area contributed by atoms with Gasteiger partial charge in [0.05, 0.1) is 11.0 Å². The molecule has 2 atom stereocenters. The van der Waals surface area contributed by atoms with Crippen LogP contribution in [0.1, 0.15) is 71.1 Å². The molecule has 2 rings (SSSR count). The van der Waals surface area contributed by atoms with Crippen molar-refractivity contribution in [3.63, 3.8) is 0 Å². The topological polar surface area (TPSA) is 77.5 Å². The monoisotopic (exact) mass is 432 g/mol. The number of carbonyl (C=O) groups excluding carboxylic acids is 2. The molecule has 0 aliphatic heterocycles. The first kappa shape index (κ1) is 22.7. The van der Waals surface area contributed by atoms with E-state index < -0.39 is 36.4 Å². The molecule has 2 saturated carbocycles. The van der Waals surface area contributed by atoms with Gasteiger partial charge in [0.15, 0.2) is 0 Å². The van der Waals surface area contributed by atoms with Crippen LogP contribution in [-0.4, -0.2) is 41.7 Å². The number of ketones is 2. The highest BCUT2D eigenvalue weighted by Gasteiger charge is 2.56. The summed E-state index contributed by atoms with van der Waals surface area (Å²) < 4.78 is 68.4. The molecular formula is C17H27F3O5S2. The molecule has 0 bridgehead atoms. The van der Waals surface area contributed by atoms with Gasteiger partial charge in [0.25, 0.3) is 0 Å². The molecule has 5 nitrogen and oxygen atoms in total. The van der Waals surface area contributed by atoms with Crippen molar-refractivity contribution in [3.05, 3.63) is 0 Å². The fourth-order valence-electron chi connectivity index (χ4n) is 3.97. The van der Waals surface area contributed by atoms with Crippen LogP contribution in [0.2, 0.25) is 0 Å². The van der Waals surface area contributed by atoms with E-state index in [1.807, 2.05) is 0 Å². The van der Waals surface area contributed by atoms with Crippen LogP contribution < -0.4 is 0 Å². The molecule has 0 aromatic rings. The standard InChI is InChI=1S/C17H27F3O5S2/c1-2-13(21)12-26(14-8-4-3-5-9-14,16-11-7-6-10-15(16)22)25-27(23,24)17(18,19)20/h14,16H,2-12H2,1H3. The van der Waals surface area contributed by atoms with Gasteiger partial charge in [-0.25, -0.2) is 3.63 Å². The lowest BCUT2D eigenvalue weighted by Crippen LogP contribution is -2.44. The smallest absolute Gasteiger partial charge is 0.299 e. The molecule has 10 heteroatoms. The van der Waals surface area contributed by atoms with Gasteiger partial charge in [-0.1, -0.05) is 42.9 Å². The van der Waals surface area contributed by atoms with Crippen LogP contribution in [0.3, 0.4) is 0 Å². The molecular weight excluding hydrogens is 405 g/mol. The maximum absolute atomic E-state index is 13.1. The van der Waals surface area contributed by atoms with Crippen molar-refractivity contribution < 1.29 is 34.8 Å². The van der Waals surface area contributed by atoms with Gasteiger partial charge in [-0.15, -0.1) is 0 Å². The lowest BCUT2D eigenvalue weighted by molar-refractivity contribution is -0.119. The van der Waals surface area contributed by atoms with E-state index >= 15 is 0 Å². The predicted octanol–water partition coefficient (Wildman–Crippen LogP) is 4.40. The summed E-state index contributed by atoms with van der Waals surface area (Å²) in [5.41, 5.74) is -5.58. The molecule has 0 radical (unpaired) electrons. The molecule has 0 heterocycles. The summed E-state index contributed by atoms with van der Waals surface area (Å²) in [4.78, 5) is 25.0. The molecule has 0 aromatic heterocycles. The lowest BCUT2D eigenvalue weighted by Gasteiger charge is -2.51. The number of alkyl halides is 3. The molecule has 2 unspecified atom stereocenters. The van der Waals surface area contributed by atoms with Crippen molar-refractivity contribution in [1.29, 1.82) is 0 Å². The molecule has 0 N–H and O–H groups in total. The van der Waals surface area contributed by atoms with Crippen LogP contribution in [0.4, 0.5) is 13.2 Å². The summed E-state index contributed by atoms with van der Waals surface area (Å²) in [5, 5.41) is -1.40. The molecule has 0 aromatic carbocycles. The second-order valence-corrected chi connectivity index (χ2v) is 12.2. The highest BCUT2D eigenvalue weighted by atomic mass is 32.3. The Balaban J connectivity index is 2.56. The maximum Gasteiger partial charge on any atom is 0.523 e. The van der Waals surface area contributed by atoms with Gasteiger partial charge in [-0.3, -0.25) is 9.59 Å². The van der Waals surface area contributed by atoms with Crippen LogP contribution in [0.25, 0.3) is 0 Å². The average molecular weight is 433 g/mol. The van der Waals surface area contributed by atoms with E-state index in [0.717, 1.165) is 19.3 Å². The quantitative estimate of drug-likeness (QED) is 0.558. The lowest BCUT2D eigenvalue weighted by atomic mass is 9.99. The minimum Gasteiger partial charge on any atom is -0.299 e. The molecule has 2 aliphatic rings. The summed E-state index contributed by atoms with van der Waals surface area (Å²) >= 11 is 0. The van der Waals surface area contributed by atoms with Gasteiger partial charge in [0.1, 0.15) is 11.6 Å². The van der Waals surface area contributed by atoms with Crippen molar-refractivity contribution in [1.82, 2.24) is 0 Å². The van der Waals surface area contributed by atoms with Gasteiger partial charge in [-0.2, -0.15) is 21.6 Å². The third kappa shape index (κ3) is 5.06. The molecule has 27 heavy (non-hydrogen) atoms. The third-order valence-corrected chi connectivity index (χ3v) is 11.5. The van der Waals surface area contributed by atoms with E-state index in [0.29, 0.717) is 25.7 Å². The second-order valence-electron chi connectivity index (χ2n) is 7.24. The van der Waals surface area contributed by atoms with Gasteiger partial charge >= 0.3 is 15.6 Å². The molecule has 2 aliphatic carbocycles. The summed E-state index contributed by atoms with van der Waals surface area (Å²) in [6, 6.07) is 0. The van der Waals surface area contributed by atoms with Crippen LogP contribution in [0, 0.1) is 0 Å². The maximum atomic E-state index is 13.1. The van der Waals surface area contributed by atoms with Crippen LogP contribution in [-0.2, 0) is 23.3 Å². The summed E-state index contributed by atoms with van der Waals surface area (Å²) in [6.07, 6.45) is 5.14. The van der Waals surface area contributed by atoms with E-state index in [1.54, 1.807) is 6.92 Å². The van der Waals surface area contributed by atoms with E-state index in [1.165, 1.54) is 0 Å². The second kappa shape index (κ2) is 8.82. The number of halogens is 3. The third-order valence-electron chi connectivity index (χ3n) is 5.38. The summed E-state index contributed by atoms with van der Waals surface area (Å²) in [5.74, 6) is -1.01. The number of Topliss-reactive ketones (excluding diaryl/α,β-unsaturated/α-hetero) is 2. The summed E-state index contributed by atoms with van der Waals surface area (Å²) in [7, 11) is -9.01. The van der Waals surface area contributed by atoms with E-state index in [9.17, 15) is 31.2 Å². The van der Waals surface area contributed by atoms with Crippen LogP contribution in [0.15, 0.2) is 0 Å². The molecule has 0 saturated heterocycles. The van der Waals surface area contributed by atoms with E-state index in [4.69, 9.17) is 3.63 Å². The zero-order valence-electron chi connectivity index (χ0n) is 15.4. The first-order chi connectivity index (χ1) is 12.5. The number of hydrogen-bond acceptors (Lipinski definition) is 5. The number of carbonyl (C=O) groups is 2. The van der Waals surface area contributed by atoms with E-state index in [2.05, 4.69) is 0 Å². The van der Waals surface area contributed by atoms with E-state index in [-0.39, 0.29) is 36.6 Å². The Morgan fingerprint density at radius 3 is 2.19 bits per heavy atom. The van der Waals surface area contributed by atoms with Crippen molar-refractivity contribution in [2.24, 2.45) is 0 Å².